The first-order chi connectivity index (χ1) is 9.72. The Morgan fingerprint density at radius 2 is 2.10 bits per heavy atom. The molecule has 2 aromatic heterocycles. The number of aromatic nitrogens is 4. The Hall–Kier alpha value is -2.12. The number of hydrogen-bond acceptors (Lipinski definition) is 6. The largest absolute Gasteiger partial charge is 0.330 e. The van der Waals surface area contributed by atoms with Gasteiger partial charge in [0, 0.05) is 18.1 Å². The van der Waals surface area contributed by atoms with E-state index in [1.165, 1.54) is 23.5 Å². The van der Waals surface area contributed by atoms with Crippen LogP contribution in [-0.2, 0) is 0 Å². The molecule has 0 aliphatic carbocycles. The molecule has 100 valence electrons. The van der Waals surface area contributed by atoms with Gasteiger partial charge in [-0.15, -0.1) is 10.2 Å². The second-order valence-electron chi connectivity index (χ2n) is 3.76. The quantitative estimate of drug-likeness (QED) is 0.802. The minimum absolute atomic E-state index is 0.0497. The Kier molecular flexibility index (Phi) is 3.53. The topological polar surface area (TPSA) is 63.6 Å². The minimum Gasteiger partial charge on any atom is -0.330 e. The van der Waals surface area contributed by atoms with Crippen LogP contribution in [0.5, 0.6) is 0 Å². The smallest absolute Gasteiger partial charge is 0.210 e. The second kappa shape index (κ2) is 5.48. The van der Waals surface area contributed by atoms with Crippen molar-refractivity contribution in [2.75, 3.05) is 5.32 Å². The molecule has 0 saturated carbocycles. The predicted octanol–water partition coefficient (Wildman–Crippen LogP) is 3.53. The van der Waals surface area contributed by atoms with E-state index in [4.69, 9.17) is 11.6 Å². The van der Waals surface area contributed by atoms with E-state index in [-0.39, 0.29) is 5.02 Å². The maximum Gasteiger partial charge on any atom is 0.210 e. The van der Waals surface area contributed by atoms with Crippen LogP contribution in [0.15, 0.2) is 36.8 Å². The second-order valence-corrected chi connectivity index (χ2v) is 5.14. The van der Waals surface area contributed by atoms with Crippen LogP contribution in [-0.4, -0.2) is 20.2 Å². The maximum absolute atomic E-state index is 13.1. The summed E-state index contributed by atoms with van der Waals surface area (Å²) in [7, 11) is 0. The van der Waals surface area contributed by atoms with Gasteiger partial charge in [-0.2, -0.15) is 0 Å². The highest BCUT2D eigenvalue weighted by molar-refractivity contribution is 7.18. The van der Waals surface area contributed by atoms with Gasteiger partial charge in [-0.3, -0.25) is 9.97 Å². The number of benzene rings is 1. The lowest BCUT2D eigenvalue weighted by atomic mass is 10.3. The van der Waals surface area contributed by atoms with Gasteiger partial charge in [-0.1, -0.05) is 22.9 Å². The zero-order valence-corrected chi connectivity index (χ0v) is 11.5. The van der Waals surface area contributed by atoms with Gasteiger partial charge in [-0.05, 0) is 18.2 Å². The van der Waals surface area contributed by atoms with Crippen LogP contribution in [0.1, 0.15) is 0 Å². The fourth-order valence-corrected chi connectivity index (χ4v) is 2.39. The van der Waals surface area contributed by atoms with Gasteiger partial charge in [0.15, 0.2) is 5.01 Å². The molecule has 1 aromatic carbocycles. The molecule has 0 spiro atoms. The number of nitrogens with zero attached hydrogens (tertiary/aromatic N) is 4. The summed E-state index contributed by atoms with van der Waals surface area (Å²) >= 11 is 7.03. The Bertz CT molecular complexity index is 734. The van der Waals surface area contributed by atoms with Gasteiger partial charge in [-0.25, -0.2) is 4.39 Å². The highest BCUT2D eigenvalue weighted by atomic mass is 35.5. The molecule has 0 amide bonds. The van der Waals surface area contributed by atoms with Crippen molar-refractivity contribution >= 4 is 33.8 Å². The summed E-state index contributed by atoms with van der Waals surface area (Å²) in [5.41, 5.74) is 1.29. The molecule has 0 bridgehead atoms. The summed E-state index contributed by atoms with van der Waals surface area (Å²) in [4.78, 5) is 8.11. The third kappa shape index (κ3) is 2.73. The number of nitrogens with one attached hydrogen (secondary N) is 1. The van der Waals surface area contributed by atoms with E-state index < -0.39 is 5.82 Å². The molecule has 0 aliphatic rings. The number of rotatable bonds is 3. The van der Waals surface area contributed by atoms with E-state index in [1.807, 2.05) is 0 Å². The normalized spacial score (nSPS) is 10.5. The standard InChI is InChI=1S/C12H7ClFN5S/c13-8-5-7(1-2-9(8)14)17-12-19-18-11(20-12)10-6-15-3-4-16-10/h1-6H,(H,17,19). The van der Waals surface area contributed by atoms with Gasteiger partial charge in [0.25, 0.3) is 0 Å². The zero-order chi connectivity index (χ0) is 13.9. The summed E-state index contributed by atoms with van der Waals surface area (Å²) < 4.78 is 13.1. The fourth-order valence-electron chi connectivity index (χ4n) is 1.48. The van der Waals surface area contributed by atoms with E-state index >= 15 is 0 Å². The molecule has 20 heavy (non-hydrogen) atoms. The van der Waals surface area contributed by atoms with Crippen LogP contribution in [0.2, 0.25) is 5.02 Å². The van der Waals surface area contributed by atoms with E-state index in [0.29, 0.717) is 21.5 Å². The number of anilines is 2. The maximum atomic E-state index is 13.1. The Morgan fingerprint density at radius 3 is 2.85 bits per heavy atom. The van der Waals surface area contributed by atoms with Crippen molar-refractivity contribution in [2.45, 2.75) is 0 Å². The van der Waals surface area contributed by atoms with Gasteiger partial charge >= 0.3 is 0 Å². The molecule has 0 radical (unpaired) electrons. The van der Waals surface area contributed by atoms with Crippen molar-refractivity contribution in [3.8, 4) is 10.7 Å². The van der Waals surface area contributed by atoms with Gasteiger partial charge < -0.3 is 5.32 Å². The lowest BCUT2D eigenvalue weighted by molar-refractivity contribution is 0.628. The number of hydrogen-bond donors (Lipinski definition) is 1. The first-order valence-corrected chi connectivity index (χ1v) is 6.74. The molecule has 1 N–H and O–H groups in total. The Labute approximate surface area is 122 Å². The third-order valence-corrected chi connectivity index (χ3v) is 3.53. The highest BCUT2D eigenvalue weighted by Crippen LogP contribution is 2.28. The first-order valence-electron chi connectivity index (χ1n) is 5.54. The summed E-state index contributed by atoms with van der Waals surface area (Å²) in [5, 5.41) is 12.3. The van der Waals surface area contributed by atoms with E-state index in [1.54, 1.807) is 24.7 Å². The van der Waals surface area contributed by atoms with Crippen LogP contribution in [0, 0.1) is 5.82 Å². The lowest BCUT2D eigenvalue weighted by Crippen LogP contribution is -1.90. The van der Waals surface area contributed by atoms with E-state index in [0.717, 1.165) is 0 Å². The zero-order valence-electron chi connectivity index (χ0n) is 9.92. The molecule has 5 nitrogen and oxygen atoms in total. The average molecular weight is 308 g/mol. The third-order valence-electron chi connectivity index (χ3n) is 2.38. The van der Waals surface area contributed by atoms with Crippen LogP contribution in [0.3, 0.4) is 0 Å². The van der Waals surface area contributed by atoms with Crippen LogP contribution in [0.4, 0.5) is 15.2 Å². The Morgan fingerprint density at radius 1 is 1.20 bits per heavy atom. The van der Waals surface area contributed by atoms with Crippen LogP contribution in [0.25, 0.3) is 10.7 Å². The molecule has 3 rings (SSSR count). The molecular weight excluding hydrogens is 301 g/mol. The molecule has 3 aromatic rings. The van der Waals surface area contributed by atoms with Crippen molar-refractivity contribution in [3.63, 3.8) is 0 Å². The minimum atomic E-state index is -0.463. The molecule has 2 heterocycles. The van der Waals surface area contributed by atoms with Gasteiger partial charge in [0.2, 0.25) is 5.13 Å². The van der Waals surface area contributed by atoms with Crippen molar-refractivity contribution in [3.05, 3.63) is 47.6 Å². The monoisotopic (exact) mass is 307 g/mol. The number of halogens is 2. The van der Waals surface area contributed by atoms with Crippen molar-refractivity contribution in [1.29, 1.82) is 0 Å². The lowest BCUT2D eigenvalue weighted by Gasteiger charge is -2.02. The molecule has 0 saturated heterocycles. The van der Waals surface area contributed by atoms with Crippen molar-refractivity contribution in [2.24, 2.45) is 0 Å². The SMILES string of the molecule is Fc1ccc(Nc2nnc(-c3cnccn3)s2)cc1Cl. The van der Waals surface area contributed by atoms with Gasteiger partial charge in [0.05, 0.1) is 11.2 Å². The molecule has 8 heteroatoms. The average Bonchev–Trinajstić information content (AvgIpc) is 2.92. The molecule has 0 aliphatic heterocycles. The summed E-state index contributed by atoms with van der Waals surface area (Å²) in [6.45, 7) is 0. The van der Waals surface area contributed by atoms with E-state index in [2.05, 4.69) is 25.5 Å². The predicted molar refractivity (Wildman–Crippen MR) is 75.6 cm³/mol. The Balaban J connectivity index is 1.82. The summed E-state index contributed by atoms with van der Waals surface area (Å²) in [5.74, 6) is -0.463. The first kappa shape index (κ1) is 12.9. The highest BCUT2D eigenvalue weighted by Gasteiger charge is 2.08. The molecule has 0 atom stereocenters. The van der Waals surface area contributed by atoms with Gasteiger partial charge in [0.1, 0.15) is 11.5 Å². The fraction of sp³-hybridized carbons (Fsp3) is 0. The molecular formula is C12H7ClFN5S. The molecule has 0 unspecified atom stereocenters. The molecule has 0 fully saturated rings. The summed E-state index contributed by atoms with van der Waals surface area (Å²) in [6, 6.07) is 4.35. The van der Waals surface area contributed by atoms with Crippen LogP contribution >= 0.6 is 22.9 Å². The van der Waals surface area contributed by atoms with Crippen LogP contribution < -0.4 is 5.32 Å². The van der Waals surface area contributed by atoms with E-state index in [9.17, 15) is 4.39 Å². The summed E-state index contributed by atoms with van der Waals surface area (Å²) in [6.07, 6.45) is 4.78. The van der Waals surface area contributed by atoms with Crippen molar-refractivity contribution < 1.29 is 4.39 Å². The van der Waals surface area contributed by atoms with Crippen molar-refractivity contribution in [1.82, 2.24) is 20.2 Å².